The van der Waals surface area contributed by atoms with Crippen LogP contribution in [-0.4, -0.2) is 28.8 Å². The van der Waals surface area contributed by atoms with Gasteiger partial charge in [-0.1, -0.05) is 30.3 Å². The molecular weight excluding hydrogens is 288 g/mol. The summed E-state index contributed by atoms with van der Waals surface area (Å²) in [6.07, 6.45) is 8.51. The summed E-state index contributed by atoms with van der Waals surface area (Å²) in [5.41, 5.74) is 2.43. The Hall–Kier alpha value is -2.30. The first-order valence-corrected chi connectivity index (χ1v) is 8.26. The Morgan fingerprint density at radius 2 is 2.13 bits per heavy atom. The fraction of sp³-hybridized carbons (Fsp3) is 0.444. The number of carbonyl (C=O) groups is 1. The molecule has 1 saturated carbocycles. The number of benzene rings is 1. The Balaban J connectivity index is 1.49. The normalized spacial score (nSPS) is 20.4. The van der Waals surface area contributed by atoms with Crippen LogP contribution < -0.4 is 10.6 Å². The van der Waals surface area contributed by atoms with E-state index in [1.54, 1.807) is 17.9 Å². The Morgan fingerprint density at radius 1 is 1.30 bits per heavy atom. The molecule has 1 fully saturated rings. The van der Waals surface area contributed by atoms with Crippen LogP contribution in [0.5, 0.6) is 0 Å². The molecule has 2 N–H and O–H groups in total. The molecule has 1 amide bonds. The quantitative estimate of drug-likeness (QED) is 0.861. The first kappa shape index (κ1) is 15.6. The zero-order chi connectivity index (χ0) is 16.1. The van der Waals surface area contributed by atoms with E-state index in [2.05, 4.69) is 46.1 Å². The van der Waals surface area contributed by atoms with E-state index in [1.165, 1.54) is 24.8 Å². The lowest BCUT2D eigenvalue weighted by Crippen LogP contribution is -2.23. The lowest BCUT2D eigenvalue weighted by molar-refractivity contribution is -0.121. The maximum Gasteiger partial charge on any atom is 0.241 e. The number of carbonyl (C=O) groups excluding carboxylic acids is 1. The van der Waals surface area contributed by atoms with Crippen LogP contribution in [0.15, 0.2) is 42.7 Å². The van der Waals surface area contributed by atoms with Gasteiger partial charge in [0.15, 0.2) is 0 Å². The van der Waals surface area contributed by atoms with E-state index in [1.807, 2.05) is 6.20 Å². The number of aromatic nitrogens is 2. The predicted octanol–water partition coefficient (Wildman–Crippen LogP) is 2.45. The minimum Gasteiger partial charge on any atom is -0.380 e. The van der Waals surface area contributed by atoms with Crippen LogP contribution in [0.25, 0.3) is 0 Å². The van der Waals surface area contributed by atoms with E-state index in [-0.39, 0.29) is 12.5 Å². The summed E-state index contributed by atoms with van der Waals surface area (Å²) >= 11 is 0. The van der Waals surface area contributed by atoms with Crippen molar-refractivity contribution in [1.29, 1.82) is 0 Å². The molecule has 122 valence electrons. The molecule has 1 aromatic carbocycles. The molecular formula is C18H24N4O. The van der Waals surface area contributed by atoms with Gasteiger partial charge in [0.05, 0.1) is 11.9 Å². The van der Waals surface area contributed by atoms with Crippen LogP contribution in [0, 0.1) is 5.92 Å². The van der Waals surface area contributed by atoms with Crippen molar-refractivity contribution < 1.29 is 4.79 Å². The van der Waals surface area contributed by atoms with E-state index in [9.17, 15) is 4.79 Å². The van der Waals surface area contributed by atoms with Crippen molar-refractivity contribution in [1.82, 2.24) is 15.1 Å². The molecule has 1 heterocycles. The predicted molar refractivity (Wildman–Crippen MR) is 91.2 cm³/mol. The van der Waals surface area contributed by atoms with E-state index >= 15 is 0 Å². The molecule has 0 unspecified atom stereocenters. The second-order valence-electron chi connectivity index (χ2n) is 6.31. The van der Waals surface area contributed by atoms with Crippen molar-refractivity contribution >= 4 is 11.6 Å². The van der Waals surface area contributed by atoms with Crippen LogP contribution in [0.1, 0.15) is 24.8 Å². The lowest BCUT2D eigenvalue weighted by atomic mass is 9.98. The number of rotatable bonds is 6. The summed E-state index contributed by atoms with van der Waals surface area (Å²) in [6.45, 7) is 0.263. The lowest BCUT2D eigenvalue weighted by Gasteiger charge is -2.13. The van der Waals surface area contributed by atoms with Gasteiger partial charge in [-0.2, -0.15) is 5.10 Å². The SMILES string of the molecule is CNC(=O)Cn1cc(N[C@H]2CC[C@H](Cc3ccccc3)C2)cn1. The van der Waals surface area contributed by atoms with Crippen molar-refractivity contribution in [2.75, 3.05) is 12.4 Å². The zero-order valence-electron chi connectivity index (χ0n) is 13.5. The molecule has 2 atom stereocenters. The summed E-state index contributed by atoms with van der Waals surface area (Å²) < 4.78 is 1.66. The molecule has 5 nitrogen and oxygen atoms in total. The van der Waals surface area contributed by atoms with Gasteiger partial charge in [-0.3, -0.25) is 9.48 Å². The first-order valence-electron chi connectivity index (χ1n) is 8.26. The minimum absolute atomic E-state index is 0.0385. The summed E-state index contributed by atoms with van der Waals surface area (Å²) in [7, 11) is 1.64. The largest absolute Gasteiger partial charge is 0.380 e. The molecule has 0 radical (unpaired) electrons. The second kappa shape index (κ2) is 7.31. The van der Waals surface area contributed by atoms with Crippen molar-refractivity contribution in [3.05, 3.63) is 48.3 Å². The molecule has 0 saturated heterocycles. The van der Waals surface area contributed by atoms with Gasteiger partial charge < -0.3 is 10.6 Å². The molecule has 3 rings (SSSR count). The Labute approximate surface area is 137 Å². The van der Waals surface area contributed by atoms with Crippen LogP contribution >= 0.6 is 0 Å². The number of hydrogen-bond donors (Lipinski definition) is 2. The van der Waals surface area contributed by atoms with E-state index < -0.39 is 0 Å². The summed E-state index contributed by atoms with van der Waals surface area (Å²) in [5, 5.41) is 10.4. The average Bonchev–Trinajstić information content (AvgIpc) is 3.18. The summed E-state index contributed by atoms with van der Waals surface area (Å²) in [5.74, 6) is 0.708. The highest BCUT2D eigenvalue weighted by Gasteiger charge is 2.24. The third-order valence-corrected chi connectivity index (χ3v) is 4.50. The van der Waals surface area contributed by atoms with Crippen LogP contribution in [-0.2, 0) is 17.8 Å². The van der Waals surface area contributed by atoms with Gasteiger partial charge in [-0.15, -0.1) is 0 Å². The number of nitrogens with zero attached hydrogens (tertiary/aromatic N) is 2. The van der Waals surface area contributed by atoms with E-state index in [0.717, 1.165) is 18.0 Å². The fourth-order valence-electron chi connectivity index (χ4n) is 3.33. The van der Waals surface area contributed by atoms with Gasteiger partial charge in [0, 0.05) is 19.3 Å². The summed E-state index contributed by atoms with van der Waals surface area (Å²) in [4.78, 5) is 11.4. The molecule has 0 aliphatic heterocycles. The molecule has 0 bridgehead atoms. The number of nitrogens with one attached hydrogen (secondary N) is 2. The Morgan fingerprint density at radius 3 is 2.91 bits per heavy atom. The number of hydrogen-bond acceptors (Lipinski definition) is 3. The zero-order valence-corrected chi connectivity index (χ0v) is 13.5. The molecule has 23 heavy (non-hydrogen) atoms. The standard InChI is InChI=1S/C18H24N4O/c1-19-18(23)13-22-12-17(11-20-22)21-16-8-7-15(10-16)9-14-5-3-2-4-6-14/h2-6,11-12,15-16,21H,7-10,13H2,1H3,(H,19,23)/t15-,16+/m1/s1. The second-order valence-corrected chi connectivity index (χ2v) is 6.31. The molecule has 0 spiro atoms. The Kier molecular flexibility index (Phi) is 4.95. The van der Waals surface area contributed by atoms with Crippen molar-refractivity contribution in [2.45, 2.75) is 38.3 Å². The first-order chi connectivity index (χ1) is 11.2. The molecule has 1 aromatic heterocycles. The fourth-order valence-corrected chi connectivity index (χ4v) is 3.33. The third-order valence-electron chi connectivity index (χ3n) is 4.50. The molecule has 2 aromatic rings. The van der Waals surface area contributed by atoms with Gasteiger partial charge in [0.1, 0.15) is 6.54 Å². The van der Waals surface area contributed by atoms with E-state index in [4.69, 9.17) is 0 Å². The van der Waals surface area contributed by atoms with Crippen LogP contribution in [0.4, 0.5) is 5.69 Å². The number of anilines is 1. The average molecular weight is 312 g/mol. The highest BCUT2D eigenvalue weighted by molar-refractivity contribution is 5.75. The smallest absolute Gasteiger partial charge is 0.241 e. The minimum atomic E-state index is -0.0385. The topological polar surface area (TPSA) is 59.0 Å². The van der Waals surface area contributed by atoms with Crippen LogP contribution in [0.3, 0.4) is 0 Å². The number of likely N-dealkylation sites (N-methyl/N-ethyl adjacent to an activating group) is 1. The molecule has 5 heteroatoms. The molecule has 1 aliphatic rings. The van der Waals surface area contributed by atoms with Crippen molar-refractivity contribution in [3.8, 4) is 0 Å². The number of amides is 1. The Bertz CT molecular complexity index is 637. The third kappa shape index (κ3) is 4.34. The summed E-state index contributed by atoms with van der Waals surface area (Å²) in [6, 6.07) is 11.2. The maximum atomic E-state index is 11.4. The van der Waals surface area contributed by atoms with Gasteiger partial charge in [0.25, 0.3) is 0 Å². The monoisotopic (exact) mass is 312 g/mol. The van der Waals surface area contributed by atoms with Crippen LogP contribution in [0.2, 0.25) is 0 Å². The van der Waals surface area contributed by atoms with Gasteiger partial charge in [-0.05, 0) is 37.2 Å². The van der Waals surface area contributed by atoms with Crippen molar-refractivity contribution in [2.24, 2.45) is 5.92 Å². The highest BCUT2D eigenvalue weighted by atomic mass is 16.1. The maximum absolute atomic E-state index is 11.4. The van der Waals surface area contributed by atoms with Gasteiger partial charge in [0.2, 0.25) is 5.91 Å². The molecule has 1 aliphatic carbocycles. The van der Waals surface area contributed by atoms with Crippen molar-refractivity contribution in [3.63, 3.8) is 0 Å². The van der Waals surface area contributed by atoms with Gasteiger partial charge in [-0.25, -0.2) is 0 Å². The van der Waals surface area contributed by atoms with Gasteiger partial charge >= 0.3 is 0 Å². The highest BCUT2D eigenvalue weighted by Crippen LogP contribution is 2.30. The van der Waals surface area contributed by atoms with E-state index in [0.29, 0.717) is 6.04 Å².